The number of amides is 1. The first-order chi connectivity index (χ1) is 7.61. The van der Waals surface area contributed by atoms with Gasteiger partial charge in [-0.15, -0.1) is 12.3 Å². The summed E-state index contributed by atoms with van der Waals surface area (Å²) in [5.41, 5.74) is 1.34. The average Bonchev–Trinajstić information content (AvgIpc) is 2.60. The van der Waals surface area contributed by atoms with Gasteiger partial charge in [0.1, 0.15) is 0 Å². The van der Waals surface area contributed by atoms with E-state index in [4.69, 9.17) is 6.42 Å². The van der Waals surface area contributed by atoms with Crippen LogP contribution < -0.4 is 4.90 Å². The largest absolute Gasteiger partial charge is 0.309 e. The maximum atomic E-state index is 12.8. The number of rotatable bonds is 1. The average molecular weight is 218 g/mol. The second-order valence-electron chi connectivity index (χ2n) is 3.87. The molecule has 1 fully saturated rings. The zero-order valence-electron chi connectivity index (χ0n) is 8.90. The van der Waals surface area contributed by atoms with Crippen molar-refractivity contribution in [3.8, 4) is 12.3 Å². The van der Waals surface area contributed by atoms with Crippen molar-refractivity contribution in [3.63, 3.8) is 0 Å². The van der Waals surface area contributed by atoms with E-state index < -0.39 is 5.95 Å². The Morgan fingerprint density at radius 3 is 3.00 bits per heavy atom. The van der Waals surface area contributed by atoms with E-state index in [9.17, 15) is 9.18 Å². The van der Waals surface area contributed by atoms with Crippen molar-refractivity contribution in [2.45, 2.75) is 13.3 Å². The Morgan fingerprint density at radius 1 is 1.69 bits per heavy atom. The van der Waals surface area contributed by atoms with Crippen molar-refractivity contribution in [3.05, 3.63) is 23.8 Å². The molecule has 2 heterocycles. The summed E-state index contributed by atoms with van der Waals surface area (Å²) in [5.74, 6) is 1.94. The van der Waals surface area contributed by atoms with Crippen molar-refractivity contribution in [2.24, 2.45) is 5.92 Å². The number of aromatic nitrogens is 1. The summed E-state index contributed by atoms with van der Waals surface area (Å²) in [7, 11) is 0. The van der Waals surface area contributed by atoms with Crippen LogP contribution in [0.4, 0.5) is 10.1 Å². The monoisotopic (exact) mass is 218 g/mol. The zero-order chi connectivity index (χ0) is 11.7. The number of carbonyl (C=O) groups excluding carboxylic acids is 1. The van der Waals surface area contributed by atoms with Gasteiger partial charge in [-0.05, 0) is 18.6 Å². The fourth-order valence-corrected chi connectivity index (χ4v) is 1.85. The number of hydrogen-bond donors (Lipinski definition) is 0. The molecule has 16 heavy (non-hydrogen) atoms. The highest BCUT2D eigenvalue weighted by molar-refractivity contribution is 5.96. The first-order valence-corrected chi connectivity index (χ1v) is 5.00. The molecule has 0 N–H and O–H groups in total. The minimum Gasteiger partial charge on any atom is -0.309 e. The van der Waals surface area contributed by atoms with E-state index in [1.54, 1.807) is 11.8 Å². The number of hydrogen-bond acceptors (Lipinski definition) is 2. The van der Waals surface area contributed by atoms with Gasteiger partial charge in [0.15, 0.2) is 0 Å². The second-order valence-corrected chi connectivity index (χ2v) is 3.87. The first kappa shape index (κ1) is 10.6. The van der Waals surface area contributed by atoms with E-state index in [0.717, 1.165) is 0 Å². The van der Waals surface area contributed by atoms with Crippen LogP contribution in [0.1, 0.15) is 12.0 Å². The van der Waals surface area contributed by atoms with E-state index >= 15 is 0 Å². The van der Waals surface area contributed by atoms with E-state index in [2.05, 4.69) is 10.9 Å². The highest BCUT2D eigenvalue weighted by atomic mass is 19.1. The Kier molecular flexibility index (Phi) is 2.61. The lowest BCUT2D eigenvalue weighted by Gasteiger charge is -2.17. The van der Waals surface area contributed by atoms with Crippen molar-refractivity contribution in [1.29, 1.82) is 0 Å². The molecule has 0 saturated carbocycles. The van der Waals surface area contributed by atoms with Crippen LogP contribution >= 0.6 is 0 Å². The van der Waals surface area contributed by atoms with Gasteiger partial charge < -0.3 is 4.90 Å². The van der Waals surface area contributed by atoms with Crippen LogP contribution in [0.3, 0.4) is 0 Å². The number of terminal acetylenes is 1. The molecule has 0 bridgehead atoms. The van der Waals surface area contributed by atoms with Crippen LogP contribution in [0.2, 0.25) is 0 Å². The third-order valence-corrected chi connectivity index (χ3v) is 2.70. The zero-order valence-corrected chi connectivity index (χ0v) is 8.90. The maximum Gasteiger partial charge on any atom is 0.228 e. The number of anilines is 1. The van der Waals surface area contributed by atoms with E-state index in [1.807, 2.05) is 0 Å². The molecule has 2 rings (SSSR count). The molecule has 1 atom stereocenters. The molecule has 0 aromatic carbocycles. The van der Waals surface area contributed by atoms with E-state index in [1.165, 1.54) is 12.3 Å². The van der Waals surface area contributed by atoms with Gasteiger partial charge in [-0.1, -0.05) is 0 Å². The maximum absolute atomic E-state index is 12.8. The summed E-state index contributed by atoms with van der Waals surface area (Å²) in [5, 5.41) is 0. The summed E-state index contributed by atoms with van der Waals surface area (Å²) >= 11 is 0. The van der Waals surface area contributed by atoms with E-state index in [0.29, 0.717) is 24.2 Å². The normalized spacial score (nSPS) is 19.9. The Hall–Kier alpha value is -1.89. The fourth-order valence-electron chi connectivity index (χ4n) is 1.85. The number of pyridine rings is 1. The van der Waals surface area contributed by atoms with Crippen LogP contribution in [0.25, 0.3) is 0 Å². The van der Waals surface area contributed by atoms with Gasteiger partial charge in [-0.25, -0.2) is 4.98 Å². The van der Waals surface area contributed by atoms with Crippen molar-refractivity contribution >= 4 is 11.6 Å². The summed E-state index contributed by atoms with van der Waals surface area (Å²) in [4.78, 5) is 16.8. The van der Waals surface area contributed by atoms with Crippen molar-refractivity contribution in [2.75, 3.05) is 11.4 Å². The number of carbonyl (C=O) groups is 1. The Balaban J connectivity index is 2.32. The molecule has 1 amide bonds. The lowest BCUT2D eigenvalue weighted by molar-refractivity contribution is -0.117. The molecule has 1 aromatic heterocycles. The predicted octanol–water partition coefficient (Wildman–Crippen LogP) is 1.52. The SMILES string of the molecule is C#CC1CC(=O)N(c2cnc(F)cc2C)C1. The molecule has 1 aliphatic rings. The van der Waals surface area contributed by atoms with Gasteiger partial charge in [0, 0.05) is 18.9 Å². The van der Waals surface area contributed by atoms with Gasteiger partial charge in [-0.2, -0.15) is 4.39 Å². The standard InChI is InChI=1S/C12H11FN2O/c1-3-9-5-12(16)15(7-9)10-6-14-11(13)4-8(10)2/h1,4,6,9H,5,7H2,2H3. The summed E-state index contributed by atoms with van der Waals surface area (Å²) in [6, 6.07) is 1.31. The quantitative estimate of drug-likeness (QED) is 0.529. The lowest BCUT2D eigenvalue weighted by Crippen LogP contribution is -2.25. The van der Waals surface area contributed by atoms with Crippen LogP contribution in [-0.2, 0) is 4.79 Å². The molecule has 0 radical (unpaired) electrons. The highest BCUT2D eigenvalue weighted by Crippen LogP contribution is 2.26. The summed E-state index contributed by atoms with van der Waals surface area (Å²) in [6.45, 7) is 2.24. The van der Waals surface area contributed by atoms with Gasteiger partial charge in [0.25, 0.3) is 0 Å². The van der Waals surface area contributed by atoms with Crippen LogP contribution in [0.15, 0.2) is 12.3 Å². The molecule has 0 spiro atoms. The molecular weight excluding hydrogens is 207 g/mol. The third-order valence-electron chi connectivity index (χ3n) is 2.70. The van der Waals surface area contributed by atoms with Crippen molar-refractivity contribution < 1.29 is 9.18 Å². The Labute approximate surface area is 93.3 Å². The number of halogens is 1. The van der Waals surface area contributed by atoms with Gasteiger partial charge >= 0.3 is 0 Å². The molecule has 3 nitrogen and oxygen atoms in total. The first-order valence-electron chi connectivity index (χ1n) is 5.00. The second kappa shape index (κ2) is 3.93. The van der Waals surface area contributed by atoms with Crippen LogP contribution in [0.5, 0.6) is 0 Å². The molecule has 1 unspecified atom stereocenters. The highest BCUT2D eigenvalue weighted by Gasteiger charge is 2.30. The topological polar surface area (TPSA) is 33.2 Å². The predicted molar refractivity (Wildman–Crippen MR) is 58.2 cm³/mol. The third kappa shape index (κ3) is 1.76. The Morgan fingerprint density at radius 2 is 2.44 bits per heavy atom. The van der Waals surface area contributed by atoms with Crippen LogP contribution in [0, 0.1) is 31.1 Å². The molecule has 0 aliphatic carbocycles. The Bertz CT molecular complexity index is 478. The van der Waals surface area contributed by atoms with Gasteiger partial charge in [0.05, 0.1) is 11.9 Å². The number of aryl methyl sites for hydroxylation is 1. The molecule has 1 aliphatic heterocycles. The van der Waals surface area contributed by atoms with Crippen molar-refractivity contribution in [1.82, 2.24) is 4.98 Å². The molecule has 1 aromatic rings. The fraction of sp³-hybridized carbons (Fsp3) is 0.333. The lowest BCUT2D eigenvalue weighted by atomic mass is 10.1. The van der Waals surface area contributed by atoms with Gasteiger partial charge in [-0.3, -0.25) is 4.79 Å². The van der Waals surface area contributed by atoms with E-state index in [-0.39, 0.29) is 11.8 Å². The summed E-state index contributed by atoms with van der Waals surface area (Å²) in [6.07, 6.45) is 7.02. The molecule has 1 saturated heterocycles. The number of nitrogens with zero attached hydrogens (tertiary/aromatic N) is 2. The molecular formula is C12H11FN2O. The minimum absolute atomic E-state index is 0.0283. The van der Waals surface area contributed by atoms with Gasteiger partial charge in [0.2, 0.25) is 11.9 Å². The minimum atomic E-state index is -0.540. The molecule has 4 heteroatoms. The summed E-state index contributed by atoms with van der Waals surface area (Å²) < 4.78 is 12.8. The molecule has 82 valence electrons. The smallest absolute Gasteiger partial charge is 0.228 e. The van der Waals surface area contributed by atoms with Crippen LogP contribution in [-0.4, -0.2) is 17.4 Å².